The van der Waals surface area contributed by atoms with E-state index in [1.165, 1.54) is 38.6 Å². The summed E-state index contributed by atoms with van der Waals surface area (Å²) in [6.07, 6.45) is 9.35. The number of hydrogen-bond acceptors (Lipinski definition) is 3. The summed E-state index contributed by atoms with van der Waals surface area (Å²) in [5, 5.41) is 4.59. The van der Waals surface area contributed by atoms with Gasteiger partial charge in [-0.1, -0.05) is 20.3 Å². The van der Waals surface area contributed by atoms with Crippen LogP contribution in [0.2, 0.25) is 0 Å². The van der Waals surface area contributed by atoms with Crippen LogP contribution in [0.4, 0.5) is 0 Å². The zero-order valence-electron chi connectivity index (χ0n) is 13.2. The Hall–Kier alpha value is 0.270. The third-order valence-corrected chi connectivity index (χ3v) is 6.58. The minimum absolute atomic E-state index is 0.733. The molecule has 1 N–H and O–H groups in total. The maximum atomic E-state index is 3.68. The first-order valence-electron chi connectivity index (χ1n) is 8.19. The van der Waals surface area contributed by atoms with Gasteiger partial charge in [0, 0.05) is 29.9 Å². The molecule has 0 aromatic heterocycles. The lowest BCUT2D eigenvalue weighted by Crippen LogP contribution is -2.57. The van der Waals surface area contributed by atoms with Crippen molar-refractivity contribution in [2.75, 3.05) is 19.3 Å². The monoisotopic (exact) mass is 284 g/mol. The highest BCUT2D eigenvalue weighted by Crippen LogP contribution is 2.34. The van der Waals surface area contributed by atoms with Gasteiger partial charge in [0.2, 0.25) is 0 Å². The number of piperidine rings is 1. The van der Waals surface area contributed by atoms with E-state index in [1.807, 2.05) is 0 Å². The molecule has 112 valence electrons. The van der Waals surface area contributed by atoms with Crippen LogP contribution in [0.3, 0.4) is 0 Å². The molecule has 2 rings (SSSR count). The fourth-order valence-electron chi connectivity index (χ4n) is 4.09. The van der Waals surface area contributed by atoms with Crippen molar-refractivity contribution in [2.24, 2.45) is 5.92 Å². The standard InChI is InChI=1S/C16H32N2S/c1-5-17-16-9-10-18(13(3)12(16)2)14-7-6-8-15(11-14)19-4/h12-17H,5-11H2,1-4H3. The smallest absolute Gasteiger partial charge is 0.0120 e. The summed E-state index contributed by atoms with van der Waals surface area (Å²) >= 11 is 2.09. The Labute approximate surface area is 124 Å². The molecule has 0 aromatic carbocycles. The van der Waals surface area contributed by atoms with Gasteiger partial charge in [-0.15, -0.1) is 0 Å². The van der Waals surface area contributed by atoms with E-state index in [4.69, 9.17) is 0 Å². The number of hydrogen-bond donors (Lipinski definition) is 1. The van der Waals surface area contributed by atoms with Crippen LogP contribution in [-0.4, -0.2) is 47.6 Å². The normalized spacial score (nSPS) is 41.4. The third kappa shape index (κ3) is 3.68. The predicted molar refractivity (Wildman–Crippen MR) is 87.0 cm³/mol. The van der Waals surface area contributed by atoms with Crippen LogP contribution >= 0.6 is 11.8 Å². The molecular weight excluding hydrogens is 252 g/mol. The fourth-order valence-corrected chi connectivity index (χ4v) is 4.91. The quantitative estimate of drug-likeness (QED) is 0.852. The van der Waals surface area contributed by atoms with Crippen LogP contribution in [0, 0.1) is 5.92 Å². The lowest BCUT2D eigenvalue weighted by molar-refractivity contribution is 0.0335. The number of nitrogens with one attached hydrogen (secondary N) is 1. The average molecular weight is 285 g/mol. The summed E-state index contributed by atoms with van der Waals surface area (Å²) in [7, 11) is 0. The second-order valence-corrected chi connectivity index (χ2v) is 7.61. The Morgan fingerprint density at radius 3 is 2.68 bits per heavy atom. The number of nitrogens with zero attached hydrogens (tertiary/aromatic N) is 1. The van der Waals surface area contributed by atoms with Crippen LogP contribution in [0.25, 0.3) is 0 Å². The first-order valence-corrected chi connectivity index (χ1v) is 9.48. The van der Waals surface area contributed by atoms with Crippen molar-refractivity contribution in [1.29, 1.82) is 0 Å². The van der Waals surface area contributed by atoms with Crippen molar-refractivity contribution < 1.29 is 0 Å². The average Bonchev–Trinajstić information content (AvgIpc) is 2.44. The number of rotatable bonds is 4. The van der Waals surface area contributed by atoms with Crippen LogP contribution in [0.1, 0.15) is 52.9 Å². The Morgan fingerprint density at radius 2 is 2.00 bits per heavy atom. The SMILES string of the molecule is CCNC1CCN(C2CCCC(SC)C2)C(C)C1C. The molecule has 1 heterocycles. The summed E-state index contributed by atoms with van der Waals surface area (Å²) < 4.78 is 0. The van der Waals surface area contributed by atoms with Gasteiger partial charge in [0.25, 0.3) is 0 Å². The lowest BCUT2D eigenvalue weighted by atomic mass is 9.83. The van der Waals surface area contributed by atoms with Gasteiger partial charge in [-0.25, -0.2) is 0 Å². The maximum Gasteiger partial charge on any atom is 0.0120 e. The van der Waals surface area contributed by atoms with Gasteiger partial charge in [-0.3, -0.25) is 4.90 Å². The molecule has 2 aliphatic rings. The molecule has 5 unspecified atom stereocenters. The Kier molecular flexibility index (Phi) is 6.04. The van der Waals surface area contributed by atoms with Crippen molar-refractivity contribution in [1.82, 2.24) is 10.2 Å². The molecule has 2 fully saturated rings. The Balaban J connectivity index is 1.94. The minimum atomic E-state index is 0.733. The number of thioether (sulfide) groups is 1. The summed E-state index contributed by atoms with van der Waals surface area (Å²) in [5.74, 6) is 0.781. The maximum absolute atomic E-state index is 3.68. The summed E-state index contributed by atoms with van der Waals surface area (Å²) in [6, 6.07) is 2.32. The highest BCUT2D eigenvalue weighted by atomic mass is 32.2. The second kappa shape index (κ2) is 7.33. The lowest BCUT2D eigenvalue weighted by Gasteiger charge is -2.48. The van der Waals surface area contributed by atoms with E-state index < -0.39 is 0 Å². The van der Waals surface area contributed by atoms with Crippen LogP contribution in [0.5, 0.6) is 0 Å². The van der Waals surface area contributed by atoms with Crippen LogP contribution in [-0.2, 0) is 0 Å². The van der Waals surface area contributed by atoms with Crippen molar-refractivity contribution in [3.05, 3.63) is 0 Å². The molecule has 1 saturated carbocycles. The number of likely N-dealkylation sites (tertiary alicyclic amines) is 1. The minimum Gasteiger partial charge on any atom is -0.314 e. The van der Waals surface area contributed by atoms with E-state index in [1.54, 1.807) is 0 Å². The van der Waals surface area contributed by atoms with E-state index in [0.29, 0.717) is 0 Å². The van der Waals surface area contributed by atoms with Gasteiger partial charge in [-0.05, 0) is 51.3 Å². The van der Waals surface area contributed by atoms with Gasteiger partial charge < -0.3 is 5.32 Å². The van der Waals surface area contributed by atoms with Crippen molar-refractivity contribution in [3.8, 4) is 0 Å². The fraction of sp³-hybridized carbons (Fsp3) is 1.00. The van der Waals surface area contributed by atoms with Gasteiger partial charge in [0.15, 0.2) is 0 Å². The molecule has 1 saturated heterocycles. The molecule has 5 atom stereocenters. The first kappa shape index (κ1) is 15.7. The van der Waals surface area contributed by atoms with Gasteiger partial charge in [0.1, 0.15) is 0 Å². The third-order valence-electron chi connectivity index (χ3n) is 5.48. The molecule has 2 nitrogen and oxygen atoms in total. The topological polar surface area (TPSA) is 15.3 Å². The van der Waals surface area contributed by atoms with Crippen molar-refractivity contribution in [3.63, 3.8) is 0 Å². The predicted octanol–water partition coefficient (Wildman–Crippen LogP) is 3.37. The molecule has 0 aromatic rings. The van der Waals surface area contributed by atoms with E-state index in [-0.39, 0.29) is 0 Å². The zero-order chi connectivity index (χ0) is 13.8. The van der Waals surface area contributed by atoms with E-state index in [9.17, 15) is 0 Å². The molecule has 3 heteroatoms. The van der Waals surface area contributed by atoms with Gasteiger partial charge in [0.05, 0.1) is 0 Å². The highest BCUT2D eigenvalue weighted by Gasteiger charge is 2.36. The Bertz CT molecular complexity index is 271. The molecule has 1 aliphatic heterocycles. The van der Waals surface area contributed by atoms with Crippen molar-refractivity contribution >= 4 is 11.8 Å². The summed E-state index contributed by atoms with van der Waals surface area (Å²) in [4.78, 5) is 2.83. The second-order valence-electron chi connectivity index (χ2n) is 6.47. The molecule has 0 spiro atoms. The highest BCUT2D eigenvalue weighted by molar-refractivity contribution is 7.99. The largest absolute Gasteiger partial charge is 0.314 e. The molecular formula is C16H32N2S. The first-order chi connectivity index (χ1) is 9.17. The van der Waals surface area contributed by atoms with Crippen LogP contribution in [0.15, 0.2) is 0 Å². The van der Waals surface area contributed by atoms with Gasteiger partial charge in [-0.2, -0.15) is 11.8 Å². The van der Waals surface area contributed by atoms with Crippen LogP contribution < -0.4 is 5.32 Å². The van der Waals surface area contributed by atoms with E-state index in [0.717, 1.165) is 35.8 Å². The molecule has 19 heavy (non-hydrogen) atoms. The van der Waals surface area contributed by atoms with Crippen molar-refractivity contribution in [2.45, 2.75) is 76.3 Å². The van der Waals surface area contributed by atoms with E-state index >= 15 is 0 Å². The summed E-state index contributed by atoms with van der Waals surface area (Å²) in [6.45, 7) is 9.54. The van der Waals surface area contributed by atoms with E-state index in [2.05, 4.69) is 49.0 Å². The Morgan fingerprint density at radius 1 is 1.21 bits per heavy atom. The molecule has 0 amide bonds. The zero-order valence-corrected chi connectivity index (χ0v) is 14.0. The summed E-state index contributed by atoms with van der Waals surface area (Å²) in [5.41, 5.74) is 0. The molecule has 1 aliphatic carbocycles. The molecule has 0 bridgehead atoms. The molecule has 0 radical (unpaired) electrons. The van der Waals surface area contributed by atoms with Gasteiger partial charge >= 0.3 is 0 Å².